The van der Waals surface area contributed by atoms with E-state index in [0.717, 1.165) is 25.8 Å². The van der Waals surface area contributed by atoms with Crippen LogP contribution in [0.1, 0.15) is 45.4 Å². The summed E-state index contributed by atoms with van der Waals surface area (Å²) in [7, 11) is 0. The lowest BCUT2D eigenvalue weighted by Crippen LogP contribution is -2.23. The number of anilines is 2. The molecule has 6 heteroatoms. The van der Waals surface area contributed by atoms with E-state index in [1.165, 1.54) is 31.4 Å². The number of pyridine rings is 1. The summed E-state index contributed by atoms with van der Waals surface area (Å²) in [6, 6.07) is 3.39. The third-order valence-corrected chi connectivity index (χ3v) is 3.53. The number of rotatable bonds is 6. The second kappa shape index (κ2) is 7.07. The highest BCUT2D eigenvalue weighted by molar-refractivity contribution is 5.55. The van der Waals surface area contributed by atoms with Gasteiger partial charge in [-0.15, -0.1) is 0 Å². The van der Waals surface area contributed by atoms with Gasteiger partial charge in [-0.2, -0.15) is 0 Å². The average Bonchev–Trinajstić information content (AvgIpc) is 2.46. The first-order valence-corrected chi connectivity index (χ1v) is 7.36. The van der Waals surface area contributed by atoms with Crippen molar-refractivity contribution in [3.63, 3.8) is 0 Å². The Morgan fingerprint density at radius 2 is 2.00 bits per heavy atom. The van der Waals surface area contributed by atoms with Crippen molar-refractivity contribution in [1.82, 2.24) is 4.98 Å². The number of hydrogen-bond acceptors (Lipinski definition) is 5. The minimum Gasteiger partial charge on any atom is -0.370 e. The fraction of sp³-hybridized carbons (Fsp3) is 0.643. The largest absolute Gasteiger partial charge is 0.370 e. The molecule has 0 bridgehead atoms. The Labute approximate surface area is 119 Å². The van der Waals surface area contributed by atoms with E-state index in [1.807, 2.05) is 6.92 Å². The van der Waals surface area contributed by atoms with E-state index in [4.69, 9.17) is 0 Å². The summed E-state index contributed by atoms with van der Waals surface area (Å²) < 4.78 is 0. The van der Waals surface area contributed by atoms with Gasteiger partial charge in [0.15, 0.2) is 0 Å². The molecule has 0 aromatic carbocycles. The van der Waals surface area contributed by atoms with E-state index in [0.29, 0.717) is 17.7 Å². The molecule has 0 saturated heterocycles. The molecule has 1 heterocycles. The molecule has 1 saturated carbocycles. The van der Waals surface area contributed by atoms with Crippen LogP contribution in [0.4, 0.5) is 17.3 Å². The van der Waals surface area contributed by atoms with E-state index in [1.54, 1.807) is 0 Å². The van der Waals surface area contributed by atoms with Crippen LogP contribution >= 0.6 is 0 Å². The average molecular weight is 278 g/mol. The van der Waals surface area contributed by atoms with Gasteiger partial charge in [0.05, 0.1) is 17.1 Å². The number of nitrogens with one attached hydrogen (secondary N) is 2. The van der Waals surface area contributed by atoms with Crippen LogP contribution in [-0.4, -0.2) is 22.5 Å². The molecule has 1 aromatic heterocycles. The second-order valence-corrected chi connectivity index (χ2v) is 5.26. The highest BCUT2D eigenvalue weighted by Gasteiger charge is 2.16. The molecule has 0 spiro atoms. The van der Waals surface area contributed by atoms with Crippen molar-refractivity contribution in [1.29, 1.82) is 0 Å². The van der Waals surface area contributed by atoms with Gasteiger partial charge in [0.2, 0.25) is 0 Å². The number of nitro groups is 1. The smallest absolute Gasteiger partial charge is 0.276 e. The number of nitrogens with zero attached hydrogens (tertiary/aromatic N) is 2. The van der Waals surface area contributed by atoms with Crippen LogP contribution in [0, 0.1) is 10.1 Å². The van der Waals surface area contributed by atoms with Gasteiger partial charge in [0.25, 0.3) is 5.69 Å². The van der Waals surface area contributed by atoms with Crippen LogP contribution in [0.25, 0.3) is 0 Å². The molecule has 0 atom stereocenters. The molecule has 0 unspecified atom stereocenters. The fourth-order valence-corrected chi connectivity index (χ4v) is 2.50. The third-order valence-electron chi connectivity index (χ3n) is 3.53. The molecule has 0 amide bonds. The SMILES string of the molecule is CCCNc1cc([N+](=O)[O-])cc(NC2CCCCC2)n1. The Kier molecular flexibility index (Phi) is 5.15. The first kappa shape index (κ1) is 14.6. The van der Waals surface area contributed by atoms with Crippen LogP contribution in [0.2, 0.25) is 0 Å². The van der Waals surface area contributed by atoms with Gasteiger partial charge in [-0.1, -0.05) is 26.2 Å². The van der Waals surface area contributed by atoms with E-state index < -0.39 is 0 Å². The lowest BCUT2D eigenvalue weighted by Gasteiger charge is -2.23. The van der Waals surface area contributed by atoms with E-state index in [2.05, 4.69) is 15.6 Å². The molecule has 0 aliphatic heterocycles. The number of hydrogen-bond donors (Lipinski definition) is 2. The summed E-state index contributed by atoms with van der Waals surface area (Å²) in [6.07, 6.45) is 6.89. The maximum atomic E-state index is 11.0. The van der Waals surface area contributed by atoms with Gasteiger partial charge in [0.1, 0.15) is 11.6 Å². The van der Waals surface area contributed by atoms with Crippen LogP contribution in [0.5, 0.6) is 0 Å². The lowest BCUT2D eigenvalue weighted by molar-refractivity contribution is -0.384. The van der Waals surface area contributed by atoms with Crippen LogP contribution in [0.15, 0.2) is 12.1 Å². The van der Waals surface area contributed by atoms with Gasteiger partial charge in [-0.3, -0.25) is 10.1 Å². The third kappa shape index (κ3) is 4.08. The molecule has 1 aliphatic rings. The van der Waals surface area contributed by atoms with Crippen LogP contribution in [-0.2, 0) is 0 Å². The first-order chi connectivity index (χ1) is 9.69. The summed E-state index contributed by atoms with van der Waals surface area (Å²) in [4.78, 5) is 15.0. The van der Waals surface area contributed by atoms with Crippen molar-refractivity contribution >= 4 is 17.3 Å². The minimum absolute atomic E-state index is 0.0805. The number of aromatic nitrogens is 1. The van der Waals surface area contributed by atoms with Gasteiger partial charge >= 0.3 is 0 Å². The minimum atomic E-state index is -0.370. The van der Waals surface area contributed by atoms with Crippen molar-refractivity contribution < 1.29 is 4.92 Å². The van der Waals surface area contributed by atoms with Gasteiger partial charge < -0.3 is 10.6 Å². The predicted molar refractivity (Wildman–Crippen MR) is 80.2 cm³/mol. The lowest BCUT2D eigenvalue weighted by atomic mass is 9.95. The Bertz CT molecular complexity index is 458. The van der Waals surface area contributed by atoms with Crippen LogP contribution in [0.3, 0.4) is 0 Å². The van der Waals surface area contributed by atoms with Crippen molar-refractivity contribution in [2.45, 2.75) is 51.5 Å². The summed E-state index contributed by atoms with van der Waals surface area (Å²) in [6.45, 7) is 2.81. The molecule has 110 valence electrons. The molecule has 0 radical (unpaired) electrons. The predicted octanol–water partition coefficient (Wildman–Crippen LogP) is 3.56. The Hall–Kier alpha value is -1.85. The van der Waals surface area contributed by atoms with E-state index >= 15 is 0 Å². The monoisotopic (exact) mass is 278 g/mol. The van der Waals surface area contributed by atoms with Gasteiger partial charge in [-0.05, 0) is 19.3 Å². The summed E-state index contributed by atoms with van der Waals surface area (Å²) in [5.41, 5.74) is 0.0805. The zero-order valence-corrected chi connectivity index (χ0v) is 11.9. The standard InChI is InChI=1S/C14H22N4O2/c1-2-8-15-13-9-12(18(19)20)10-14(17-13)16-11-6-4-3-5-7-11/h9-11H,2-8H2,1H3,(H2,15,16,17). The molecule has 2 rings (SSSR count). The molecule has 2 N–H and O–H groups in total. The molecule has 1 fully saturated rings. The zero-order chi connectivity index (χ0) is 14.4. The van der Waals surface area contributed by atoms with Gasteiger partial charge in [-0.25, -0.2) is 4.98 Å². The molecule has 20 heavy (non-hydrogen) atoms. The first-order valence-electron chi connectivity index (χ1n) is 7.36. The Balaban J connectivity index is 2.12. The fourth-order valence-electron chi connectivity index (χ4n) is 2.50. The quantitative estimate of drug-likeness (QED) is 0.614. The van der Waals surface area contributed by atoms with Crippen molar-refractivity contribution in [3.05, 3.63) is 22.2 Å². The van der Waals surface area contributed by atoms with E-state index in [-0.39, 0.29) is 10.6 Å². The molecule has 6 nitrogen and oxygen atoms in total. The van der Waals surface area contributed by atoms with Crippen LogP contribution < -0.4 is 10.6 Å². The van der Waals surface area contributed by atoms with Crippen molar-refractivity contribution in [2.75, 3.05) is 17.2 Å². The second-order valence-electron chi connectivity index (χ2n) is 5.26. The summed E-state index contributed by atoms with van der Waals surface area (Å²) >= 11 is 0. The van der Waals surface area contributed by atoms with E-state index in [9.17, 15) is 10.1 Å². The Morgan fingerprint density at radius 3 is 2.65 bits per heavy atom. The highest BCUT2D eigenvalue weighted by atomic mass is 16.6. The molecular formula is C14H22N4O2. The van der Waals surface area contributed by atoms with Crippen molar-refractivity contribution in [2.24, 2.45) is 0 Å². The summed E-state index contributed by atoms with van der Waals surface area (Å²) in [5.74, 6) is 1.17. The molecule has 1 aliphatic carbocycles. The topological polar surface area (TPSA) is 80.1 Å². The maximum absolute atomic E-state index is 11.0. The Morgan fingerprint density at radius 1 is 1.30 bits per heavy atom. The maximum Gasteiger partial charge on any atom is 0.276 e. The summed E-state index contributed by atoms with van der Waals surface area (Å²) in [5, 5.41) is 17.4. The molecule has 1 aromatic rings. The zero-order valence-electron chi connectivity index (χ0n) is 11.9. The van der Waals surface area contributed by atoms with Crippen molar-refractivity contribution in [3.8, 4) is 0 Å². The molecular weight excluding hydrogens is 256 g/mol. The normalized spacial score (nSPS) is 15.8. The highest BCUT2D eigenvalue weighted by Crippen LogP contribution is 2.25. The van der Waals surface area contributed by atoms with Gasteiger partial charge in [0, 0.05) is 12.6 Å².